The Kier molecular flexibility index (Phi) is 6.65. The van der Waals surface area contributed by atoms with Gasteiger partial charge in [-0.05, 0) is 53.1 Å². The maximum atomic E-state index is 11.8. The van der Waals surface area contributed by atoms with Gasteiger partial charge >= 0.3 is 0 Å². The molecule has 0 aromatic rings. The highest BCUT2D eigenvalue weighted by atomic mass is 16.2. The molecule has 0 aromatic carbocycles. The molecule has 4 nitrogen and oxygen atoms in total. The van der Waals surface area contributed by atoms with Crippen LogP contribution in [0.15, 0.2) is 0 Å². The summed E-state index contributed by atoms with van der Waals surface area (Å²) in [6.07, 6.45) is 5.82. The molecule has 0 aliphatic heterocycles. The average Bonchev–Trinajstić information content (AvgIpc) is 2.38. The van der Waals surface area contributed by atoms with E-state index in [0.29, 0.717) is 18.6 Å². The Hall–Kier alpha value is -0.610. The van der Waals surface area contributed by atoms with Crippen LogP contribution >= 0.6 is 0 Å². The predicted octanol–water partition coefficient (Wildman–Crippen LogP) is 1.36. The van der Waals surface area contributed by atoms with Crippen LogP contribution in [0.3, 0.4) is 0 Å². The van der Waals surface area contributed by atoms with Crippen LogP contribution in [0.5, 0.6) is 0 Å². The van der Waals surface area contributed by atoms with Crippen molar-refractivity contribution in [1.82, 2.24) is 15.5 Å². The summed E-state index contributed by atoms with van der Waals surface area (Å²) in [5.74, 6) is 0.155. The number of carbonyl (C=O) groups excluding carboxylic acids is 1. The number of hydrogen-bond acceptors (Lipinski definition) is 3. The lowest BCUT2D eigenvalue weighted by Gasteiger charge is -2.34. The number of nitrogens with one attached hydrogen (secondary N) is 2. The van der Waals surface area contributed by atoms with E-state index in [1.165, 1.54) is 25.7 Å². The van der Waals surface area contributed by atoms with E-state index < -0.39 is 0 Å². The topological polar surface area (TPSA) is 44.4 Å². The summed E-state index contributed by atoms with van der Waals surface area (Å²) in [6, 6.07) is 1.52. The van der Waals surface area contributed by atoms with Gasteiger partial charge in [-0.25, -0.2) is 0 Å². The number of carbonyl (C=O) groups is 1. The Morgan fingerprint density at radius 3 is 2.44 bits per heavy atom. The van der Waals surface area contributed by atoms with Crippen LogP contribution in [-0.2, 0) is 4.79 Å². The maximum Gasteiger partial charge on any atom is 0.234 e. The minimum absolute atomic E-state index is 0.155. The minimum Gasteiger partial charge on any atom is -0.353 e. The predicted molar refractivity (Wildman–Crippen MR) is 75.6 cm³/mol. The average molecular weight is 255 g/mol. The number of likely N-dealkylation sites (N-methyl/N-ethyl adjacent to an activating group) is 1. The summed E-state index contributed by atoms with van der Waals surface area (Å²) in [5.41, 5.74) is 0. The van der Waals surface area contributed by atoms with Crippen LogP contribution < -0.4 is 10.6 Å². The quantitative estimate of drug-likeness (QED) is 0.753. The molecule has 1 amide bonds. The highest BCUT2D eigenvalue weighted by Gasteiger charge is 2.24. The van der Waals surface area contributed by atoms with E-state index in [0.717, 1.165) is 6.42 Å². The summed E-state index contributed by atoms with van der Waals surface area (Å²) in [5, 5.41) is 6.37. The Morgan fingerprint density at radius 1 is 1.33 bits per heavy atom. The van der Waals surface area contributed by atoms with Crippen molar-refractivity contribution in [3.63, 3.8) is 0 Å². The standard InChI is InChI=1S/C14H29N3O/c1-5-11(2)16-14(18)10-17(4)13-8-6-12(15-3)7-9-13/h11-13,15H,5-10H2,1-4H3,(H,16,18). The van der Waals surface area contributed by atoms with Gasteiger partial charge in [0.05, 0.1) is 6.54 Å². The SMILES string of the molecule is CCC(C)NC(=O)CN(C)C1CCC(NC)CC1. The Labute approximate surface area is 111 Å². The zero-order valence-corrected chi connectivity index (χ0v) is 12.3. The molecule has 1 unspecified atom stereocenters. The first kappa shape index (κ1) is 15.4. The van der Waals surface area contributed by atoms with Crippen molar-refractivity contribution in [3.05, 3.63) is 0 Å². The molecule has 0 spiro atoms. The Bertz CT molecular complexity index is 249. The molecule has 0 radical (unpaired) electrons. The first-order valence-electron chi connectivity index (χ1n) is 7.23. The largest absolute Gasteiger partial charge is 0.353 e. The van der Waals surface area contributed by atoms with Crippen LogP contribution in [0.4, 0.5) is 0 Å². The highest BCUT2D eigenvalue weighted by molar-refractivity contribution is 5.78. The van der Waals surface area contributed by atoms with E-state index in [1.54, 1.807) is 0 Å². The van der Waals surface area contributed by atoms with Gasteiger partial charge < -0.3 is 10.6 Å². The molecule has 1 atom stereocenters. The van der Waals surface area contributed by atoms with Gasteiger partial charge in [0.2, 0.25) is 5.91 Å². The molecular formula is C14H29N3O. The van der Waals surface area contributed by atoms with Crippen molar-refractivity contribution in [2.75, 3.05) is 20.6 Å². The number of nitrogens with zero attached hydrogens (tertiary/aromatic N) is 1. The summed E-state index contributed by atoms with van der Waals surface area (Å²) in [6.45, 7) is 4.67. The fraction of sp³-hybridized carbons (Fsp3) is 0.929. The van der Waals surface area contributed by atoms with Crippen molar-refractivity contribution in [2.45, 2.75) is 64.1 Å². The fourth-order valence-corrected chi connectivity index (χ4v) is 2.58. The smallest absolute Gasteiger partial charge is 0.234 e. The first-order valence-corrected chi connectivity index (χ1v) is 7.23. The molecular weight excluding hydrogens is 226 g/mol. The maximum absolute atomic E-state index is 11.8. The second-order valence-corrected chi connectivity index (χ2v) is 5.59. The fourth-order valence-electron chi connectivity index (χ4n) is 2.58. The molecule has 1 aliphatic rings. The lowest BCUT2D eigenvalue weighted by Crippen LogP contribution is -2.45. The lowest BCUT2D eigenvalue weighted by atomic mass is 9.90. The van der Waals surface area contributed by atoms with Gasteiger partial charge in [0.25, 0.3) is 0 Å². The van der Waals surface area contributed by atoms with Crippen LogP contribution in [0.25, 0.3) is 0 Å². The molecule has 1 aliphatic carbocycles. The summed E-state index contributed by atoms with van der Waals surface area (Å²) < 4.78 is 0. The highest BCUT2D eigenvalue weighted by Crippen LogP contribution is 2.21. The monoisotopic (exact) mass is 255 g/mol. The van der Waals surface area contributed by atoms with Gasteiger partial charge in [0.1, 0.15) is 0 Å². The molecule has 1 rings (SSSR count). The molecule has 0 saturated heterocycles. The van der Waals surface area contributed by atoms with Crippen molar-refractivity contribution in [1.29, 1.82) is 0 Å². The van der Waals surface area contributed by atoms with Crippen molar-refractivity contribution in [3.8, 4) is 0 Å². The van der Waals surface area contributed by atoms with E-state index >= 15 is 0 Å². The van der Waals surface area contributed by atoms with Gasteiger partial charge in [-0.1, -0.05) is 6.92 Å². The molecule has 0 bridgehead atoms. The second kappa shape index (κ2) is 7.74. The number of hydrogen-bond donors (Lipinski definition) is 2. The minimum atomic E-state index is 0.155. The van der Waals surface area contributed by atoms with Crippen molar-refractivity contribution in [2.24, 2.45) is 0 Å². The molecule has 18 heavy (non-hydrogen) atoms. The van der Waals surface area contributed by atoms with E-state index in [1.807, 2.05) is 7.05 Å². The van der Waals surface area contributed by atoms with Crippen LogP contribution in [0, 0.1) is 0 Å². The molecule has 0 aromatic heterocycles. The third-order valence-corrected chi connectivity index (χ3v) is 4.14. The number of amides is 1. The molecule has 4 heteroatoms. The third kappa shape index (κ3) is 4.94. The van der Waals surface area contributed by atoms with Gasteiger partial charge in [-0.15, -0.1) is 0 Å². The normalized spacial score (nSPS) is 26.1. The van der Waals surface area contributed by atoms with E-state index in [4.69, 9.17) is 0 Å². The number of rotatable bonds is 6. The van der Waals surface area contributed by atoms with Crippen LogP contribution in [0.2, 0.25) is 0 Å². The molecule has 1 fully saturated rings. The second-order valence-electron chi connectivity index (χ2n) is 5.59. The molecule has 106 valence electrons. The molecule has 2 N–H and O–H groups in total. The van der Waals surface area contributed by atoms with Gasteiger partial charge in [0.15, 0.2) is 0 Å². The van der Waals surface area contributed by atoms with E-state index in [-0.39, 0.29) is 11.9 Å². The van der Waals surface area contributed by atoms with E-state index in [9.17, 15) is 4.79 Å². The summed E-state index contributed by atoms with van der Waals surface area (Å²) in [7, 11) is 4.11. The van der Waals surface area contributed by atoms with Crippen LogP contribution in [-0.4, -0.2) is 49.6 Å². The Balaban J connectivity index is 2.28. The van der Waals surface area contributed by atoms with Gasteiger partial charge in [0, 0.05) is 18.1 Å². The van der Waals surface area contributed by atoms with Crippen LogP contribution in [0.1, 0.15) is 46.0 Å². The molecule has 1 saturated carbocycles. The van der Waals surface area contributed by atoms with Crippen molar-refractivity contribution >= 4 is 5.91 Å². The zero-order chi connectivity index (χ0) is 13.5. The first-order chi connectivity index (χ1) is 8.56. The van der Waals surface area contributed by atoms with Gasteiger partial charge in [-0.2, -0.15) is 0 Å². The third-order valence-electron chi connectivity index (χ3n) is 4.14. The van der Waals surface area contributed by atoms with Crippen molar-refractivity contribution < 1.29 is 4.79 Å². The summed E-state index contributed by atoms with van der Waals surface area (Å²) >= 11 is 0. The van der Waals surface area contributed by atoms with Gasteiger partial charge in [-0.3, -0.25) is 9.69 Å². The molecule has 0 heterocycles. The zero-order valence-electron chi connectivity index (χ0n) is 12.3. The summed E-state index contributed by atoms with van der Waals surface area (Å²) in [4.78, 5) is 14.0. The lowest BCUT2D eigenvalue weighted by molar-refractivity contribution is -0.123. The Morgan fingerprint density at radius 2 is 1.94 bits per heavy atom. The van der Waals surface area contributed by atoms with E-state index in [2.05, 4.69) is 36.4 Å².